The van der Waals surface area contributed by atoms with E-state index in [2.05, 4.69) is 10.5 Å². The molecule has 10 heteroatoms. The summed E-state index contributed by atoms with van der Waals surface area (Å²) in [6.45, 7) is 0.892. The van der Waals surface area contributed by atoms with Gasteiger partial charge >= 0.3 is 12.3 Å². The Hall–Kier alpha value is -3.27. The fourth-order valence-corrected chi connectivity index (χ4v) is 3.73. The van der Waals surface area contributed by atoms with Crippen molar-refractivity contribution >= 4 is 17.5 Å². The maximum Gasteiger partial charge on any atom is 0.430 e. The summed E-state index contributed by atoms with van der Waals surface area (Å²) in [6.07, 6.45) is -3.33. The number of anilines is 1. The lowest BCUT2D eigenvalue weighted by atomic mass is 9.86. The molecule has 1 fully saturated rings. The van der Waals surface area contributed by atoms with Crippen molar-refractivity contribution < 1.29 is 32.4 Å². The Kier molecular flexibility index (Phi) is 5.96. The number of carbonyl (C=O) groups is 1. The van der Waals surface area contributed by atoms with Crippen LogP contribution in [0.15, 0.2) is 53.7 Å². The van der Waals surface area contributed by atoms with Gasteiger partial charge in [0.15, 0.2) is 0 Å². The van der Waals surface area contributed by atoms with E-state index in [-0.39, 0.29) is 5.69 Å². The van der Waals surface area contributed by atoms with Crippen LogP contribution < -0.4 is 10.1 Å². The summed E-state index contributed by atoms with van der Waals surface area (Å²) in [6, 6.07) is 11.8. The number of piperidine rings is 1. The number of halogens is 3. The zero-order valence-electron chi connectivity index (χ0n) is 17.3. The van der Waals surface area contributed by atoms with E-state index in [1.165, 1.54) is 17.2 Å². The molecule has 0 unspecified atom stereocenters. The van der Waals surface area contributed by atoms with Gasteiger partial charge in [0.2, 0.25) is 0 Å². The van der Waals surface area contributed by atoms with Gasteiger partial charge in [-0.25, -0.2) is 4.79 Å². The lowest BCUT2D eigenvalue weighted by molar-refractivity contribution is -0.154. The highest BCUT2D eigenvalue weighted by atomic mass is 19.4. The highest BCUT2D eigenvalue weighted by Crippen LogP contribution is 2.36. The van der Waals surface area contributed by atoms with E-state index >= 15 is 0 Å². The smallest absolute Gasteiger partial charge is 0.430 e. The number of amides is 1. The van der Waals surface area contributed by atoms with Gasteiger partial charge in [-0.3, -0.25) is 5.32 Å². The largest absolute Gasteiger partial charge is 0.497 e. The van der Waals surface area contributed by atoms with Crippen molar-refractivity contribution in [1.82, 2.24) is 5.06 Å². The van der Waals surface area contributed by atoms with E-state index in [0.29, 0.717) is 32.4 Å². The second-order valence-corrected chi connectivity index (χ2v) is 7.73. The third kappa shape index (κ3) is 4.96. The van der Waals surface area contributed by atoms with Crippen LogP contribution >= 0.6 is 0 Å². The van der Waals surface area contributed by atoms with Crippen LogP contribution in [0, 0.1) is 0 Å². The van der Waals surface area contributed by atoms with Crippen molar-refractivity contribution in [2.45, 2.75) is 31.0 Å². The topological polar surface area (TPSA) is 72.4 Å². The van der Waals surface area contributed by atoms with E-state index < -0.39 is 23.4 Å². The number of hydrogen-bond donors (Lipinski definition) is 1. The SMILES string of the molecule is COc1cccc(C2=NOC3(CCN(OC(=O)Nc4ccc(C(F)(F)F)cc4)CC3)C2)c1. The summed E-state index contributed by atoms with van der Waals surface area (Å²) in [4.78, 5) is 23.2. The van der Waals surface area contributed by atoms with Crippen molar-refractivity contribution in [3.05, 3.63) is 59.7 Å². The molecule has 2 aliphatic rings. The average molecular weight is 449 g/mol. The fourth-order valence-electron chi connectivity index (χ4n) is 3.73. The number of oxime groups is 1. The molecule has 4 rings (SSSR count). The van der Waals surface area contributed by atoms with Gasteiger partial charge in [0, 0.05) is 43.6 Å². The maximum atomic E-state index is 12.6. The second-order valence-electron chi connectivity index (χ2n) is 7.73. The predicted molar refractivity (Wildman–Crippen MR) is 110 cm³/mol. The minimum Gasteiger partial charge on any atom is -0.497 e. The first-order valence-electron chi connectivity index (χ1n) is 10.1. The number of hydrogen-bond acceptors (Lipinski definition) is 6. The summed E-state index contributed by atoms with van der Waals surface area (Å²) in [7, 11) is 1.61. The van der Waals surface area contributed by atoms with Gasteiger partial charge in [-0.15, -0.1) is 5.06 Å². The highest BCUT2D eigenvalue weighted by molar-refractivity contribution is 6.02. The summed E-state index contributed by atoms with van der Waals surface area (Å²) in [5.41, 5.74) is 0.772. The van der Waals surface area contributed by atoms with Crippen LogP contribution in [0.25, 0.3) is 0 Å². The normalized spacial score (nSPS) is 18.1. The third-order valence-corrected chi connectivity index (χ3v) is 5.55. The lowest BCUT2D eigenvalue weighted by Crippen LogP contribution is -2.45. The van der Waals surface area contributed by atoms with Crippen molar-refractivity contribution in [3.63, 3.8) is 0 Å². The molecule has 0 saturated carbocycles. The number of rotatable bonds is 4. The molecule has 2 aliphatic heterocycles. The molecule has 1 saturated heterocycles. The van der Waals surface area contributed by atoms with Crippen LogP contribution in [0.5, 0.6) is 5.75 Å². The van der Waals surface area contributed by atoms with Gasteiger partial charge in [-0.05, 0) is 36.4 Å². The Labute approximate surface area is 182 Å². The number of nitrogens with one attached hydrogen (secondary N) is 1. The Balaban J connectivity index is 1.26. The maximum absolute atomic E-state index is 12.6. The van der Waals surface area contributed by atoms with Gasteiger partial charge in [-0.2, -0.15) is 13.2 Å². The average Bonchev–Trinajstić information content (AvgIpc) is 3.19. The van der Waals surface area contributed by atoms with Crippen LogP contribution in [0.4, 0.5) is 23.7 Å². The van der Waals surface area contributed by atoms with Crippen molar-refractivity contribution in [3.8, 4) is 5.75 Å². The van der Waals surface area contributed by atoms with Gasteiger partial charge in [0.05, 0.1) is 18.4 Å². The van der Waals surface area contributed by atoms with Crippen LogP contribution in [-0.4, -0.2) is 42.7 Å². The molecule has 1 spiro atoms. The summed E-state index contributed by atoms with van der Waals surface area (Å²) in [5.74, 6) is 0.744. The number of methoxy groups -OCH3 is 1. The number of ether oxygens (including phenoxy) is 1. The fraction of sp³-hybridized carbons (Fsp3) is 0.364. The van der Waals surface area contributed by atoms with E-state index in [1.807, 2.05) is 24.3 Å². The Bertz CT molecular complexity index is 1000. The molecule has 1 N–H and O–H groups in total. The van der Waals surface area contributed by atoms with Crippen LogP contribution in [-0.2, 0) is 15.9 Å². The molecule has 32 heavy (non-hydrogen) atoms. The van der Waals surface area contributed by atoms with Crippen LogP contribution in [0.1, 0.15) is 30.4 Å². The van der Waals surface area contributed by atoms with Gasteiger partial charge in [0.25, 0.3) is 0 Å². The minimum atomic E-state index is -4.43. The number of alkyl halides is 3. The molecule has 2 heterocycles. The van der Waals surface area contributed by atoms with Crippen LogP contribution in [0.2, 0.25) is 0 Å². The molecular formula is C22H22F3N3O4. The molecule has 0 bridgehead atoms. The molecular weight excluding hydrogens is 427 g/mol. The van der Waals surface area contributed by atoms with E-state index in [1.54, 1.807) is 7.11 Å². The number of benzene rings is 2. The van der Waals surface area contributed by atoms with Gasteiger partial charge < -0.3 is 14.4 Å². The molecule has 0 aliphatic carbocycles. The molecule has 0 atom stereocenters. The standard InChI is InChI=1S/C22H22F3N3O4/c1-30-18-4-2-3-15(13-18)19-14-21(32-27-19)9-11-28(12-10-21)31-20(29)26-17-7-5-16(6-8-17)22(23,24)25/h2-8,13H,9-12,14H2,1H3,(H,26,29). The Morgan fingerprint density at radius 3 is 2.53 bits per heavy atom. The van der Waals surface area contributed by atoms with E-state index in [9.17, 15) is 18.0 Å². The first-order chi connectivity index (χ1) is 15.3. The number of carbonyl (C=O) groups excluding carboxylic acids is 1. The minimum absolute atomic E-state index is 0.215. The predicted octanol–water partition coefficient (Wildman–Crippen LogP) is 4.84. The second kappa shape index (κ2) is 8.70. The van der Waals surface area contributed by atoms with Crippen molar-refractivity contribution in [2.24, 2.45) is 5.16 Å². The van der Waals surface area contributed by atoms with Crippen molar-refractivity contribution in [1.29, 1.82) is 0 Å². The van der Waals surface area contributed by atoms with Crippen LogP contribution in [0.3, 0.4) is 0 Å². The first-order valence-corrected chi connectivity index (χ1v) is 10.1. The third-order valence-electron chi connectivity index (χ3n) is 5.55. The molecule has 2 aromatic rings. The zero-order valence-corrected chi connectivity index (χ0v) is 17.3. The molecule has 0 aromatic heterocycles. The molecule has 2 aromatic carbocycles. The summed E-state index contributed by atoms with van der Waals surface area (Å²) < 4.78 is 43.1. The highest BCUT2D eigenvalue weighted by Gasteiger charge is 2.43. The monoisotopic (exact) mass is 449 g/mol. The van der Waals surface area contributed by atoms with Gasteiger partial charge in [-0.1, -0.05) is 17.3 Å². The van der Waals surface area contributed by atoms with Gasteiger partial charge in [0.1, 0.15) is 11.4 Å². The summed E-state index contributed by atoms with van der Waals surface area (Å²) >= 11 is 0. The molecule has 0 radical (unpaired) electrons. The molecule has 7 nitrogen and oxygen atoms in total. The van der Waals surface area contributed by atoms with E-state index in [4.69, 9.17) is 14.4 Å². The lowest BCUT2D eigenvalue weighted by Gasteiger charge is -2.35. The molecule has 1 amide bonds. The van der Waals surface area contributed by atoms with E-state index in [0.717, 1.165) is 29.2 Å². The van der Waals surface area contributed by atoms with Crippen molar-refractivity contribution in [2.75, 3.05) is 25.5 Å². The number of hydroxylamine groups is 2. The Morgan fingerprint density at radius 1 is 1.16 bits per heavy atom. The zero-order chi connectivity index (χ0) is 22.8. The summed E-state index contributed by atoms with van der Waals surface area (Å²) in [5, 5.41) is 8.21. The first kappa shape index (κ1) is 21.9. The Morgan fingerprint density at radius 2 is 1.88 bits per heavy atom. The quantitative estimate of drug-likeness (QED) is 0.724. The number of nitrogens with zero attached hydrogens (tertiary/aromatic N) is 2. The molecule has 170 valence electrons.